The molecule has 0 bridgehead atoms. The molecule has 1 N–H and O–H groups in total. The Balaban J connectivity index is 2.87. The van der Waals surface area contributed by atoms with Gasteiger partial charge in [0.05, 0.1) is 0 Å². The smallest absolute Gasteiger partial charge is 0.0411 e. The topological polar surface area (TPSA) is 12.0 Å². The van der Waals surface area contributed by atoms with E-state index in [2.05, 4.69) is 49.5 Å². The second-order valence-electron chi connectivity index (χ2n) is 3.44. The lowest BCUT2D eigenvalue weighted by Gasteiger charge is -2.04. The third-order valence-electron chi connectivity index (χ3n) is 1.89. The van der Waals surface area contributed by atoms with Crippen LogP contribution in [0.4, 0.5) is 5.69 Å². The van der Waals surface area contributed by atoms with Crippen LogP contribution in [0.25, 0.3) is 6.08 Å². The maximum atomic E-state index is 3.17. The molecule has 0 unspecified atom stereocenters. The zero-order chi connectivity index (χ0) is 9.68. The van der Waals surface area contributed by atoms with Gasteiger partial charge in [0, 0.05) is 12.7 Å². The Morgan fingerprint density at radius 3 is 2.54 bits per heavy atom. The Hall–Kier alpha value is -1.24. The van der Waals surface area contributed by atoms with Crippen molar-refractivity contribution in [2.45, 2.75) is 13.8 Å². The van der Waals surface area contributed by atoms with Crippen LogP contribution >= 0.6 is 0 Å². The first-order valence-electron chi connectivity index (χ1n) is 4.69. The molecule has 0 atom stereocenters. The molecule has 0 spiro atoms. The predicted octanol–water partition coefficient (Wildman–Crippen LogP) is 3.40. The molecule has 0 aliphatic rings. The number of rotatable bonds is 3. The van der Waals surface area contributed by atoms with E-state index in [-0.39, 0.29) is 0 Å². The number of para-hydroxylation sites is 1. The summed E-state index contributed by atoms with van der Waals surface area (Å²) < 4.78 is 0. The Morgan fingerprint density at radius 1 is 1.23 bits per heavy atom. The highest BCUT2D eigenvalue weighted by Crippen LogP contribution is 2.16. The molecule has 0 aromatic heterocycles. The number of allylic oxidation sites excluding steroid dienone is 1. The summed E-state index contributed by atoms with van der Waals surface area (Å²) in [6, 6.07) is 8.30. The van der Waals surface area contributed by atoms with Crippen molar-refractivity contribution in [2.24, 2.45) is 5.92 Å². The minimum Gasteiger partial charge on any atom is -0.388 e. The highest BCUT2D eigenvalue weighted by atomic mass is 14.8. The van der Waals surface area contributed by atoms with Gasteiger partial charge in [0.15, 0.2) is 0 Å². The van der Waals surface area contributed by atoms with Gasteiger partial charge in [0.2, 0.25) is 0 Å². The maximum absolute atomic E-state index is 3.17. The van der Waals surface area contributed by atoms with Crippen LogP contribution in [0, 0.1) is 5.92 Å². The molecule has 1 aromatic carbocycles. The van der Waals surface area contributed by atoms with E-state index in [0.717, 1.165) is 0 Å². The highest BCUT2D eigenvalue weighted by molar-refractivity contribution is 5.66. The summed E-state index contributed by atoms with van der Waals surface area (Å²) >= 11 is 0. The van der Waals surface area contributed by atoms with Crippen molar-refractivity contribution in [3.63, 3.8) is 0 Å². The number of nitrogens with one attached hydrogen (secondary N) is 1. The lowest BCUT2D eigenvalue weighted by Crippen LogP contribution is -1.90. The third kappa shape index (κ3) is 2.94. The van der Waals surface area contributed by atoms with Crippen LogP contribution < -0.4 is 5.32 Å². The average Bonchev–Trinajstić information content (AvgIpc) is 2.15. The lowest BCUT2D eigenvalue weighted by atomic mass is 10.1. The highest BCUT2D eigenvalue weighted by Gasteiger charge is 1.94. The minimum absolute atomic E-state index is 0.602. The van der Waals surface area contributed by atoms with Gasteiger partial charge in [-0.05, 0) is 17.5 Å². The van der Waals surface area contributed by atoms with Gasteiger partial charge in [0.1, 0.15) is 0 Å². The molecule has 0 fully saturated rings. The fourth-order valence-electron chi connectivity index (χ4n) is 1.17. The summed E-state index contributed by atoms with van der Waals surface area (Å²) in [5.41, 5.74) is 2.43. The summed E-state index contributed by atoms with van der Waals surface area (Å²) in [5.74, 6) is 0.602. The molecular weight excluding hydrogens is 158 g/mol. The minimum atomic E-state index is 0.602. The van der Waals surface area contributed by atoms with E-state index in [0.29, 0.717) is 5.92 Å². The van der Waals surface area contributed by atoms with Crippen molar-refractivity contribution < 1.29 is 0 Å². The molecule has 0 radical (unpaired) electrons. The molecule has 13 heavy (non-hydrogen) atoms. The van der Waals surface area contributed by atoms with Crippen molar-refractivity contribution >= 4 is 11.8 Å². The van der Waals surface area contributed by atoms with Crippen LogP contribution in [0.15, 0.2) is 30.3 Å². The molecule has 0 aliphatic carbocycles. The first-order valence-corrected chi connectivity index (χ1v) is 4.69. The van der Waals surface area contributed by atoms with Crippen LogP contribution in [0.5, 0.6) is 0 Å². The zero-order valence-corrected chi connectivity index (χ0v) is 8.54. The molecule has 0 saturated carbocycles. The van der Waals surface area contributed by atoms with E-state index in [4.69, 9.17) is 0 Å². The van der Waals surface area contributed by atoms with Gasteiger partial charge < -0.3 is 5.32 Å². The molecule has 1 aromatic rings. The Bertz CT molecular complexity index is 287. The Kier molecular flexibility index (Phi) is 3.56. The van der Waals surface area contributed by atoms with E-state index >= 15 is 0 Å². The number of hydrogen-bond donors (Lipinski definition) is 1. The van der Waals surface area contributed by atoms with Crippen molar-refractivity contribution in [3.05, 3.63) is 35.9 Å². The summed E-state index contributed by atoms with van der Waals surface area (Å²) in [4.78, 5) is 0. The fourth-order valence-corrected chi connectivity index (χ4v) is 1.17. The van der Waals surface area contributed by atoms with Gasteiger partial charge in [-0.1, -0.05) is 44.2 Å². The van der Waals surface area contributed by atoms with Crippen molar-refractivity contribution in [2.75, 3.05) is 12.4 Å². The van der Waals surface area contributed by atoms with Gasteiger partial charge in [-0.15, -0.1) is 0 Å². The van der Waals surface area contributed by atoms with E-state index in [1.807, 2.05) is 13.1 Å². The van der Waals surface area contributed by atoms with E-state index in [9.17, 15) is 0 Å². The van der Waals surface area contributed by atoms with Gasteiger partial charge in [0.25, 0.3) is 0 Å². The summed E-state index contributed by atoms with van der Waals surface area (Å²) in [6.45, 7) is 4.36. The normalized spacial score (nSPS) is 11.1. The van der Waals surface area contributed by atoms with Gasteiger partial charge >= 0.3 is 0 Å². The summed E-state index contributed by atoms with van der Waals surface area (Å²) in [5, 5.41) is 3.17. The Morgan fingerprint density at radius 2 is 1.92 bits per heavy atom. The molecule has 1 rings (SSSR count). The molecule has 0 amide bonds. The fraction of sp³-hybridized carbons (Fsp3) is 0.333. The molecule has 70 valence electrons. The monoisotopic (exact) mass is 175 g/mol. The molecule has 0 saturated heterocycles. The van der Waals surface area contributed by atoms with Gasteiger partial charge in [-0.2, -0.15) is 0 Å². The first-order chi connectivity index (χ1) is 6.24. The van der Waals surface area contributed by atoms with Crippen LogP contribution in [0.1, 0.15) is 19.4 Å². The standard InChI is InChI=1S/C12H17N/c1-10(2)8-9-11-6-4-5-7-12(11)13-3/h4-10,13H,1-3H3/b9-8+. The number of anilines is 1. The largest absolute Gasteiger partial charge is 0.388 e. The number of benzene rings is 1. The predicted molar refractivity (Wildman–Crippen MR) is 59.9 cm³/mol. The van der Waals surface area contributed by atoms with Crippen molar-refractivity contribution in [1.29, 1.82) is 0 Å². The Labute approximate surface area is 80.5 Å². The maximum Gasteiger partial charge on any atom is 0.0411 e. The van der Waals surface area contributed by atoms with Crippen LogP contribution in [0.2, 0.25) is 0 Å². The molecule has 1 nitrogen and oxygen atoms in total. The van der Waals surface area contributed by atoms with Crippen LogP contribution in [0.3, 0.4) is 0 Å². The van der Waals surface area contributed by atoms with Crippen molar-refractivity contribution in [1.82, 2.24) is 0 Å². The molecule has 1 heteroatoms. The summed E-state index contributed by atoms with van der Waals surface area (Å²) in [6.07, 6.45) is 4.37. The van der Waals surface area contributed by atoms with E-state index < -0.39 is 0 Å². The number of hydrogen-bond acceptors (Lipinski definition) is 1. The van der Waals surface area contributed by atoms with Crippen LogP contribution in [-0.4, -0.2) is 7.05 Å². The van der Waals surface area contributed by atoms with Gasteiger partial charge in [-0.3, -0.25) is 0 Å². The molecule has 0 aliphatic heterocycles. The average molecular weight is 175 g/mol. The zero-order valence-electron chi connectivity index (χ0n) is 8.54. The quantitative estimate of drug-likeness (QED) is 0.742. The lowest BCUT2D eigenvalue weighted by molar-refractivity contribution is 0.836. The van der Waals surface area contributed by atoms with E-state index in [1.165, 1.54) is 11.3 Å². The van der Waals surface area contributed by atoms with Crippen molar-refractivity contribution in [3.8, 4) is 0 Å². The third-order valence-corrected chi connectivity index (χ3v) is 1.89. The molecular formula is C12H17N. The SMILES string of the molecule is CNc1ccccc1/C=C/C(C)C. The first kappa shape index (κ1) is 9.85. The summed E-state index contributed by atoms with van der Waals surface area (Å²) in [7, 11) is 1.95. The second kappa shape index (κ2) is 4.70. The van der Waals surface area contributed by atoms with E-state index in [1.54, 1.807) is 0 Å². The second-order valence-corrected chi connectivity index (χ2v) is 3.44. The van der Waals surface area contributed by atoms with Gasteiger partial charge in [-0.25, -0.2) is 0 Å². The van der Waals surface area contributed by atoms with Crippen LogP contribution in [-0.2, 0) is 0 Å². The molecule has 0 heterocycles.